The van der Waals surface area contributed by atoms with Crippen LogP contribution in [0.15, 0.2) is 12.4 Å². The van der Waals surface area contributed by atoms with E-state index in [9.17, 15) is 9.59 Å². The van der Waals surface area contributed by atoms with Crippen LogP contribution < -0.4 is 0 Å². The Morgan fingerprint density at radius 3 is 2.23 bits per heavy atom. The van der Waals surface area contributed by atoms with Crippen molar-refractivity contribution in [3.8, 4) is 0 Å². The van der Waals surface area contributed by atoms with Gasteiger partial charge < -0.3 is 5.11 Å². The number of hydrogen-bond donors (Lipinski definition) is 1. The smallest absolute Gasteiger partial charge is 0.356 e. The minimum Gasteiger partial charge on any atom is -0.476 e. The lowest BCUT2D eigenvalue weighted by atomic mass is 10.2. The number of Topliss-reactive ketones (excluding diaryl/α,β-unsaturated/α-hetero) is 1. The fourth-order valence-electron chi connectivity index (χ4n) is 0.764. The molecular weight excluding hydrogens is 172 g/mol. The molecule has 0 aliphatic carbocycles. The van der Waals surface area contributed by atoms with Crippen LogP contribution in [-0.4, -0.2) is 26.8 Å². The Morgan fingerprint density at radius 1 is 1.31 bits per heavy atom. The van der Waals surface area contributed by atoms with E-state index >= 15 is 0 Å². The Morgan fingerprint density at radius 2 is 1.85 bits per heavy atom. The summed E-state index contributed by atoms with van der Waals surface area (Å²) in [5.74, 6) is -1.30. The van der Waals surface area contributed by atoms with Gasteiger partial charge in [-0.3, -0.25) is 4.79 Å². The maximum absolute atomic E-state index is 11.0. The number of aromatic nitrogens is 2. The number of aromatic carboxylic acids is 1. The molecule has 5 nitrogen and oxygen atoms in total. The van der Waals surface area contributed by atoms with E-state index < -0.39 is 5.97 Å². The number of carboxylic acid groups (broad SMARTS) is 1. The predicted octanol–water partition coefficient (Wildman–Crippen LogP) is 0.768. The Kier molecular flexibility index (Phi) is 2.69. The highest BCUT2D eigenvalue weighted by molar-refractivity contribution is 5.94. The normalized spacial score (nSPS) is 9.62. The quantitative estimate of drug-likeness (QED) is 0.695. The van der Waals surface area contributed by atoms with Crippen molar-refractivity contribution in [1.29, 1.82) is 0 Å². The lowest BCUT2D eigenvalue weighted by Gasteiger charge is -1.96. The first kappa shape index (κ1) is 9.31. The fourth-order valence-corrected chi connectivity index (χ4v) is 0.764. The second-order valence-electron chi connectivity index (χ2n) is 2.37. The third-order valence-corrected chi connectivity index (χ3v) is 1.48. The molecule has 1 rings (SSSR count). The molecule has 0 saturated heterocycles. The molecule has 0 atom stereocenters. The summed E-state index contributed by atoms with van der Waals surface area (Å²) >= 11 is 0. The van der Waals surface area contributed by atoms with Gasteiger partial charge in [-0.2, -0.15) is 0 Å². The molecule has 0 bridgehead atoms. The van der Waals surface area contributed by atoms with Gasteiger partial charge >= 0.3 is 5.97 Å². The summed E-state index contributed by atoms with van der Waals surface area (Å²) in [6.07, 6.45) is 2.58. The summed E-state index contributed by atoms with van der Waals surface area (Å²) in [6, 6.07) is 0. The van der Waals surface area contributed by atoms with E-state index in [0.717, 1.165) is 6.20 Å². The van der Waals surface area contributed by atoms with Crippen LogP contribution in [0.1, 0.15) is 34.3 Å². The number of ketones is 1. The van der Waals surface area contributed by atoms with Crippen LogP contribution in [-0.2, 0) is 0 Å². The van der Waals surface area contributed by atoms with E-state index in [1.807, 2.05) is 0 Å². The average molecular weight is 180 g/mol. The van der Waals surface area contributed by atoms with Gasteiger partial charge in [0.1, 0.15) is 5.69 Å². The number of carbonyl (C=O) groups excluding carboxylic acids is 1. The molecule has 1 aromatic rings. The summed E-state index contributed by atoms with van der Waals surface area (Å²) in [5.41, 5.74) is 0.0418. The van der Waals surface area contributed by atoms with E-state index in [1.165, 1.54) is 6.20 Å². The molecule has 0 radical (unpaired) electrons. The number of hydrogen-bond acceptors (Lipinski definition) is 4. The topological polar surface area (TPSA) is 80.2 Å². The van der Waals surface area contributed by atoms with Gasteiger partial charge in [0.25, 0.3) is 0 Å². The molecule has 0 aliphatic heterocycles. The zero-order valence-electron chi connectivity index (χ0n) is 7.02. The summed E-state index contributed by atoms with van der Waals surface area (Å²) in [4.78, 5) is 28.7. The van der Waals surface area contributed by atoms with E-state index in [-0.39, 0.29) is 17.2 Å². The van der Waals surface area contributed by atoms with E-state index in [2.05, 4.69) is 9.97 Å². The molecule has 1 heterocycles. The van der Waals surface area contributed by atoms with Gasteiger partial charge in [0.15, 0.2) is 11.5 Å². The largest absolute Gasteiger partial charge is 0.476 e. The third kappa shape index (κ3) is 2.08. The molecule has 0 unspecified atom stereocenters. The average Bonchev–Trinajstić information content (AvgIpc) is 2.17. The Hall–Kier alpha value is -1.78. The molecule has 1 N–H and O–H groups in total. The number of rotatable bonds is 3. The van der Waals surface area contributed by atoms with Crippen molar-refractivity contribution >= 4 is 11.8 Å². The minimum absolute atomic E-state index is 0.149. The third-order valence-electron chi connectivity index (χ3n) is 1.48. The first-order valence-corrected chi connectivity index (χ1v) is 3.73. The second-order valence-corrected chi connectivity index (χ2v) is 2.37. The fraction of sp³-hybridized carbons (Fsp3) is 0.250. The highest BCUT2D eigenvalue weighted by Gasteiger charge is 2.08. The summed E-state index contributed by atoms with van der Waals surface area (Å²) in [6.45, 7) is 1.70. The number of nitrogens with zero attached hydrogens (tertiary/aromatic N) is 2. The lowest BCUT2D eigenvalue weighted by Crippen LogP contribution is -2.06. The summed E-state index contributed by atoms with van der Waals surface area (Å²) in [5, 5.41) is 8.48. The summed E-state index contributed by atoms with van der Waals surface area (Å²) < 4.78 is 0. The standard InChI is InChI=1S/C8H8N2O3/c1-2-7(11)5-3-10-6(4-9-5)8(12)13/h3-4H,2H2,1H3,(H,12,13). The first-order chi connectivity index (χ1) is 6.15. The molecule has 13 heavy (non-hydrogen) atoms. The van der Waals surface area contributed by atoms with Crippen molar-refractivity contribution < 1.29 is 14.7 Å². The van der Waals surface area contributed by atoms with E-state index in [0.29, 0.717) is 6.42 Å². The Balaban J connectivity index is 2.93. The molecule has 68 valence electrons. The molecule has 0 aromatic carbocycles. The Bertz CT molecular complexity index is 332. The van der Waals surface area contributed by atoms with Gasteiger partial charge in [-0.25, -0.2) is 14.8 Å². The molecule has 0 spiro atoms. The monoisotopic (exact) mass is 180 g/mol. The van der Waals surface area contributed by atoms with Gasteiger partial charge in [-0.1, -0.05) is 6.92 Å². The maximum atomic E-state index is 11.0. The number of carboxylic acids is 1. The lowest BCUT2D eigenvalue weighted by molar-refractivity contribution is 0.0689. The zero-order valence-corrected chi connectivity index (χ0v) is 7.02. The van der Waals surface area contributed by atoms with Crippen molar-refractivity contribution in [2.75, 3.05) is 0 Å². The van der Waals surface area contributed by atoms with Gasteiger partial charge in [0.05, 0.1) is 12.4 Å². The van der Waals surface area contributed by atoms with Crippen LogP contribution >= 0.6 is 0 Å². The summed E-state index contributed by atoms with van der Waals surface area (Å²) in [7, 11) is 0. The second kappa shape index (κ2) is 3.75. The van der Waals surface area contributed by atoms with Crippen LogP contribution in [0.3, 0.4) is 0 Å². The minimum atomic E-state index is -1.15. The molecule has 0 saturated carbocycles. The van der Waals surface area contributed by atoms with E-state index in [1.54, 1.807) is 6.92 Å². The van der Waals surface area contributed by atoms with Gasteiger partial charge in [-0.15, -0.1) is 0 Å². The van der Waals surface area contributed by atoms with Crippen LogP contribution in [0.4, 0.5) is 0 Å². The van der Waals surface area contributed by atoms with Gasteiger partial charge in [0, 0.05) is 6.42 Å². The predicted molar refractivity (Wildman–Crippen MR) is 43.6 cm³/mol. The highest BCUT2D eigenvalue weighted by atomic mass is 16.4. The number of carbonyl (C=O) groups is 2. The molecule has 5 heteroatoms. The Labute approximate surface area is 74.4 Å². The van der Waals surface area contributed by atoms with Crippen LogP contribution in [0, 0.1) is 0 Å². The zero-order chi connectivity index (χ0) is 9.84. The van der Waals surface area contributed by atoms with Crippen molar-refractivity contribution in [2.45, 2.75) is 13.3 Å². The molecular formula is C8H8N2O3. The van der Waals surface area contributed by atoms with Gasteiger partial charge in [-0.05, 0) is 0 Å². The van der Waals surface area contributed by atoms with Crippen LogP contribution in [0.5, 0.6) is 0 Å². The highest BCUT2D eigenvalue weighted by Crippen LogP contribution is 1.98. The van der Waals surface area contributed by atoms with E-state index in [4.69, 9.17) is 5.11 Å². The van der Waals surface area contributed by atoms with Crippen LogP contribution in [0.25, 0.3) is 0 Å². The maximum Gasteiger partial charge on any atom is 0.356 e. The van der Waals surface area contributed by atoms with Crippen molar-refractivity contribution in [1.82, 2.24) is 9.97 Å². The van der Waals surface area contributed by atoms with Gasteiger partial charge in [0.2, 0.25) is 0 Å². The van der Waals surface area contributed by atoms with Crippen molar-refractivity contribution in [3.05, 3.63) is 23.8 Å². The van der Waals surface area contributed by atoms with Crippen LogP contribution in [0.2, 0.25) is 0 Å². The van der Waals surface area contributed by atoms with Crippen molar-refractivity contribution in [2.24, 2.45) is 0 Å². The molecule has 0 amide bonds. The van der Waals surface area contributed by atoms with Crippen molar-refractivity contribution in [3.63, 3.8) is 0 Å². The molecule has 0 aliphatic rings. The SMILES string of the molecule is CCC(=O)c1cnc(C(=O)O)cn1. The first-order valence-electron chi connectivity index (χ1n) is 3.73. The molecule has 1 aromatic heterocycles. The molecule has 0 fully saturated rings.